The molecule has 2 atom stereocenters. The number of rotatable bonds is 6. The summed E-state index contributed by atoms with van der Waals surface area (Å²) < 4.78 is 0. The van der Waals surface area contributed by atoms with Gasteiger partial charge in [0.1, 0.15) is 0 Å². The molecule has 104 valence electrons. The van der Waals surface area contributed by atoms with E-state index < -0.39 is 48.8 Å². The number of carbonyl (C=O) groups excluding carboxylic acids is 4. The van der Waals surface area contributed by atoms with Crippen molar-refractivity contribution in [1.82, 2.24) is 0 Å². The topological polar surface area (TPSA) is 213 Å². The van der Waals surface area contributed by atoms with Gasteiger partial charge in [-0.25, -0.2) is 0 Å². The summed E-state index contributed by atoms with van der Waals surface area (Å²) >= 11 is 0. The molecule has 0 aromatic carbocycles. The molecule has 0 radical (unpaired) electrons. The number of hydrogen-bond acceptors (Lipinski definition) is 10. The Balaban J connectivity index is -0.000000116. The molecule has 0 saturated heterocycles. The Hall–Kier alpha value is -0.810. The number of aliphatic carboxylic acids is 4. The van der Waals surface area contributed by atoms with E-state index >= 15 is 0 Å². The molecule has 0 fully saturated rings. The zero-order chi connectivity index (χ0) is 14.9. The summed E-state index contributed by atoms with van der Waals surface area (Å²) in [5.74, 6) is -6.16. The second-order valence-corrected chi connectivity index (χ2v) is 3.00. The van der Waals surface area contributed by atoms with Crippen LogP contribution in [0.15, 0.2) is 0 Å². The smallest absolute Gasteiger partial charge is 0.550 e. The molecule has 0 rings (SSSR count). The largest absolute Gasteiger partial charge is 2.00 e. The number of nitrogens with two attached hydrogens (primary N) is 2. The average Bonchev–Trinajstić information content (AvgIpc) is 2.16. The van der Waals surface area contributed by atoms with Gasteiger partial charge in [-0.1, -0.05) is 0 Å². The van der Waals surface area contributed by atoms with Crippen LogP contribution in [0, 0.1) is 0 Å². The monoisotopic (exact) mass is 350 g/mol. The van der Waals surface area contributed by atoms with Crippen molar-refractivity contribution in [3.8, 4) is 0 Å². The maximum Gasteiger partial charge on any atom is 2.00 e. The van der Waals surface area contributed by atoms with Gasteiger partial charge in [-0.05, 0) is 0 Å². The standard InChI is InChI=1S/2C4H7NO4.Mg.Zn/c2*5-2(4(8)9)1-3(6)7;;/h2*2H,1,5H2,(H,6,7)(H,8,9);;/q;;2*+2/p-4/t2*2-;;/m00../s1. The summed E-state index contributed by atoms with van der Waals surface area (Å²) in [7, 11) is 0. The van der Waals surface area contributed by atoms with E-state index in [1.165, 1.54) is 0 Å². The summed E-state index contributed by atoms with van der Waals surface area (Å²) in [4.78, 5) is 38.7. The summed E-state index contributed by atoms with van der Waals surface area (Å²) in [6.45, 7) is 0. The molecule has 0 amide bonds. The van der Waals surface area contributed by atoms with Gasteiger partial charge in [0.15, 0.2) is 0 Å². The van der Waals surface area contributed by atoms with Gasteiger partial charge in [-0.3, -0.25) is 0 Å². The van der Waals surface area contributed by atoms with Gasteiger partial charge < -0.3 is 51.1 Å². The molecule has 0 aromatic rings. The van der Waals surface area contributed by atoms with Gasteiger partial charge in [0.05, 0.1) is 11.9 Å². The van der Waals surface area contributed by atoms with Crippen molar-refractivity contribution < 1.29 is 59.1 Å². The van der Waals surface area contributed by atoms with Gasteiger partial charge >= 0.3 is 42.5 Å². The van der Waals surface area contributed by atoms with Crippen molar-refractivity contribution in [2.45, 2.75) is 24.9 Å². The molecule has 0 aliphatic carbocycles. The Morgan fingerprint density at radius 1 is 0.750 bits per heavy atom. The number of carboxylic acid groups (broad SMARTS) is 4. The molecule has 0 heterocycles. The van der Waals surface area contributed by atoms with E-state index in [-0.39, 0.29) is 42.5 Å². The Morgan fingerprint density at radius 2 is 0.950 bits per heavy atom. The summed E-state index contributed by atoms with van der Waals surface area (Å²) in [5.41, 5.74) is 9.47. The normalized spacial score (nSPS) is 11.3. The average molecular weight is 352 g/mol. The quantitative estimate of drug-likeness (QED) is 0.431. The number of carbonyl (C=O) groups is 4. The summed E-state index contributed by atoms with van der Waals surface area (Å²) in [5, 5.41) is 38.7. The van der Waals surface area contributed by atoms with Crippen LogP contribution in [0.25, 0.3) is 0 Å². The summed E-state index contributed by atoms with van der Waals surface area (Å²) in [6, 6.07) is -2.93. The molecule has 0 aliphatic rings. The molecule has 0 aliphatic heterocycles. The van der Waals surface area contributed by atoms with Crippen molar-refractivity contribution in [3.63, 3.8) is 0 Å². The van der Waals surface area contributed by atoms with Crippen LogP contribution in [-0.4, -0.2) is 59.0 Å². The van der Waals surface area contributed by atoms with Crippen LogP contribution in [0.2, 0.25) is 0 Å². The van der Waals surface area contributed by atoms with Crippen molar-refractivity contribution >= 4 is 46.9 Å². The summed E-state index contributed by atoms with van der Waals surface area (Å²) in [6.07, 6.45) is -1.41. The van der Waals surface area contributed by atoms with E-state index in [9.17, 15) is 39.6 Å². The van der Waals surface area contributed by atoms with Gasteiger partial charge in [0.2, 0.25) is 0 Å². The molecule has 0 saturated carbocycles. The molecule has 0 spiro atoms. The maximum absolute atomic E-state index is 9.71. The first kappa shape index (κ1) is 27.5. The third-order valence-electron chi connectivity index (χ3n) is 1.38. The molecule has 0 aromatic heterocycles. The Labute approximate surface area is 142 Å². The third-order valence-corrected chi connectivity index (χ3v) is 1.38. The fourth-order valence-corrected chi connectivity index (χ4v) is 0.526. The van der Waals surface area contributed by atoms with Gasteiger partial charge in [0, 0.05) is 36.9 Å². The fourth-order valence-electron chi connectivity index (χ4n) is 0.526. The van der Waals surface area contributed by atoms with Crippen molar-refractivity contribution in [1.29, 1.82) is 0 Å². The molecule has 12 heteroatoms. The Bertz CT molecular complexity index is 308. The first-order valence-corrected chi connectivity index (χ1v) is 4.40. The second kappa shape index (κ2) is 14.6. The van der Waals surface area contributed by atoms with Crippen LogP contribution in [0.4, 0.5) is 0 Å². The van der Waals surface area contributed by atoms with Gasteiger partial charge in [0.25, 0.3) is 0 Å². The third kappa shape index (κ3) is 19.5. The van der Waals surface area contributed by atoms with Crippen LogP contribution >= 0.6 is 0 Å². The van der Waals surface area contributed by atoms with E-state index in [2.05, 4.69) is 0 Å². The molecular weight excluding hydrogens is 342 g/mol. The molecular formula is C8H10MgN2O8Zn. The SMILES string of the molecule is N[C@@H](CC(=O)[O-])C(=O)[O-].N[C@@H](CC(=O)[O-])C(=O)[O-].[Mg+2].[Zn+2]. The first-order valence-electron chi connectivity index (χ1n) is 4.40. The van der Waals surface area contributed by atoms with Crippen LogP contribution in [0.5, 0.6) is 0 Å². The number of hydrogen-bond donors (Lipinski definition) is 2. The predicted molar refractivity (Wildman–Crippen MR) is 51.0 cm³/mol. The molecule has 4 N–H and O–H groups in total. The Morgan fingerprint density at radius 3 is 1.00 bits per heavy atom. The zero-order valence-corrected chi connectivity index (χ0v) is 14.8. The molecule has 20 heavy (non-hydrogen) atoms. The van der Waals surface area contributed by atoms with Crippen molar-refractivity contribution in [3.05, 3.63) is 0 Å². The zero-order valence-electron chi connectivity index (χ0n) is 10.4. The van der Waals surface area contributed by atoms with E-state index in [1.54, 1.807) is 0 Å². The molecule has 10 nitrogen and oxygen atoms in total. The van der Waals surface area contributed by atoms with Crippen LogP contribution in [-0.2, 0) is 38.7 Å². The van der Waals surface area contributed by atoms with E-state index in [4.69, 9.17) is 11.5 Å². The van der Waals surface area contributed by atoms with Crippen molar-refractivity contribution in [2.24, 2.45) is 11.5 Å². The van der Waals surface area contributed by atoms with Crippen LogP contribution < -0.4 is 31.9 Å². The fraction of sp³-hybridized carbons (Fsp3) is 0.500. The Kier molecular flexibility index (Phi) is 20.1. The minimum atomic E-state index is -1.58. The predicted octanol–water partition coefficient (Wildman–Crippen LogP) is -7.98. The minimum Gasteiger partial charge on any atom is -0.550 e. The van der Waals surface area contributed by atoms with E-state index in [0.717, 1.165) is 0 Å². The number of carboxylic acids is 4. The van der Waals surface area contributed by atoms with E-state index in [0.29, 0.717) is 0 Å². The first-order chi connectivity index (χ1) is 8.07. The molecule has 0 bridgehead atoms. The van der Waals surface area contributed by atoms with E-state index in [1.807, 2.05) is 0 Å². The second-order valence-electron chi connectivity index (χ2n) is 3.00. The van der Waals surface area contributed by atoms with Crippen LogP contribution in [0.1, 0.15) is 12.8 Å². The molecule has 0 unspecified atom stereocenters. The van der Waals surface area contributed by atoms with Crippen LogP contribution in [0.3, 0.4) is 0 Å². The van der Waals surface area contributed by atoms with Gasteiger partial charge in [-0.2, -0.15) is 0 Å². The maximum atomic E-state index is 9.71. The minimum absolute atomic E-state index is 0. The van der Waals surface area contributed by atoms with Crippen molar-refractivity contribution in [2.75, 3.05) is 0 Å². The van der Waals surface area contributed by atoms with Gasteiger partial charge in [-0.15, -0.1) is 0 Å².